The van der Waals surface area contributed by atoms with E-state index in [0.29, 0.717) is 0 Å². The summed E-state index contributed by atoms with van der Waals surface area (Å²) in [5.41, 5.74) is 5.44. The highest BCUT2D eigenvalue weighted by Crippen LogP contribution is 2.28. The van der Waals surface area contributed by atoms with Crippen molar-refractivity contribution < 1.29 is 31.0 Å². The number of nitrogens with two attached hydrogens (primary N) is 1. The van der Waals surface area contributed by atoms with Crippen LogP contribution in [0, 0.1) is 0 Å². The number of hydrogen-bond acceptors (Lipinski definition) is 10. The Morgan fingerprint density at radius 1 is 0.590 bits per heavy atom. The van der Waals surface area contributed by atoms with E-state index in [9.17, 15) is 0 Å². The molecule has 0 radical (unpaired) electrons. The second kappa shape index (κ2) is 42.0. The summed E-state index contributed by atoms with van der Waals surface area (Å²) in [4.78, 5) is 0. The van der Waals surface area contributed by atoms with Gasteiger partial charge in [0.05, 0.1) is 17.9 Å². The number of nitrogens with zero attached hydrogens (tertiary/aromatic N) is 2. The van der Waals surface area contributed by atoms with Gasteiger partial charge in [-0.05, 0) is 138 Å². The molecule has 0 spiro atoms. The second-order valence-corrected chi connectivity index (χ2v) is 49.5. The molecule has 374 valence electrons. The Morgan fingerprint density at radius 3 is 1.25 bits per heavy atom. The highest BCUT2D eigenvalue weighted by molar-refractivity contribution is 7.05. The first-order chi connectivity index (χ1) is 28.4. The summed E-state index contributed by atoms with van der Waals surface area (Å²) < 4.78 is 46.2. The molecule has 0 bridgehead atoms. The predicted octanol–water partition coefficient (Wildman–Crippen LogP) is 10.7. The van der Waals surface area contributed by atoms with Crippen LogP contribution in [0.3, 0.4) is 0 Å². The molecule has 20 heteroatoms. The largest absolute Gasteiger partial charge is 0.404 e. The van der Waals surface area contributed by atoms with Gasteiger partial charge in [0.2, 0.25) is 0 Å². The zero-order chi connectivity index (χ0) is 48.1. The molecule has 0 aliphatic carbocycles. The molecule has 1 rings (SSSR count). The first-order valence-electron chi connectivity index (χ1n) is 24.8. The lowest BCUT2D eigenvalue weighted by Gasteiger charge is -2.35. The highest BCUT2D eigenvalue weighted by atomic mass is 35.6. The third-order valence-electron chi connectivity index (χ3n) is 10.3. The Bertz CT molecular complexity index is 933. The Kier molecular flexibility index (Phi) is 47.8. The van der Waals surface area contributed by atoms with Crippen LogP contribution in [-0.4, -0.2) is 152 Å². The summed E-state index contributed by atoms with van der Waals surface area (Å²) in [5.74, 6) is 0. The fourth-order valence-corrected chi connectivity index (χ4v) is 30.7. The lowest BCUT2D eigenvalue weighted by atomic mass is 10.4. The molecule has 1 aliphatic heterocycles. The molecular formula is C41H110ClN3O7Si9. The van der Waals surface area contributed by atoms with E-state index in [1.165, 1.54) is 50.9 Å². The molecule has 0 amide bonds. The summed E-state index contributed by atoms with van der Waals surface area (Å²) in [6.07, 6.45) is 6.26. The molecule has 0 aromatic rings. The van der Waals surface area contributed by atoms with Crippen LogP contribution in [0.25, 0.3) is 0 Å². The van der Waals surface area contributed by atoms with Crippen LogP contribution < -0.4 is 5.73 Å². The standard InChI is InChI=1S/C12H33NO2Si3.C11H28O2Si2.C8H21NO2Si.C8H21NOSi2.C2H7ClSi/c1-8-14-18(7,15-9-2)12-10-11-13(16(3)4)17(5)6;1-6-12-15(5,13-7-2)11-9-8-10-14(3)4;1-4-10-12(3,11-5-2)8-6-7-9;1-5-10-12(4)8-6-7-9(12)11(2)3;1-4(2)3/h16-17H,8-12H2,1-7H3;14H,6-11H2,1-5H3;4-9H2,1-3H3;11H,5-8H2,1-4H3;4H,1-2H3. The summed E-state index contributed by atoms with van der Waals surface area (Å²) >= 11 is 5.41. The van der Waals surface area contributed by atoms with Gasteiger partial charge in [-0.15, -0.1) is 0 Å². The van der Waals surface area contributed by atoms with Crippen LogP contribution in [0.2, 0.25) is 122 Å². The summed E-state index contributed by atoms with van der Waals surface area (Å²) in [5, 5.41) is 0. The van der Waals surface area contributed by atoms with Crippen molar-refractivity contribution in [2.45, 2.75) is 202 Å². The van der Waals surface area contributed by atoms with Crippen molar-refractivity contribution in [1.29, 1.82) is 0 Å². The molecule has 61 heavy (non-hydrogen) atoms. The molecule has 1 aliphatic rings. The van der Waals surface area contributed by atoms with Gasteiger partial charge >= 0.3 is 25.7 Å². The molecule has 0 aromatic carbocycles. The minimum absolute atomic E-state index is 0.355. The van der Waals surface area contributed by atoms with E-state index in [0.717, 1.165) is 77.3 Å². The van der Waals surface area contributed by atoms with Crippen LogP contribution in [0.15, 0.2) is 0 Å². The lowest BCUT2D eigenvalue weighted by molar-refractivity contribution is 0.187. The van der Waals surface area contributed by atoms with Gasteiger partial charge in [0.15, 0.2) is 0 Å². The number of rotatable bonds is 29. The molecule has 1 heterocycles. The minimum Gasteiger partial charge on any atom is -0.404 e. The Balaban J connectivity index is -0.000000348. The average molecular weight is 1050 g/mol. The number of hydrogen-bond donors (Lipinski definition) is 1. The van der Waals surface area contributed by atoms with E-state index in [1.54, 1.807) is 0 Å². The molecule has 1 fully saturated rings. The van der Waals surface area contributed by atoms with E-state index in [-0.39, 0.29) is 8.80 Å². The number of unbranched alkanes of at least 4 members (excludes halogenated alkanes) is 1. The number of halogens is 1. The Labute approximate surface area is 400 Å². The average Bonchev–Trinajstić information content (AvgIpc) is 3.53. The SMILES string of the molecule is CCO[Si](C)(CCCC[SiH](C)C)OCC.CCO[Si](C)(CCCN([SiH](C)C)[SiH](C)C)OCC.CCO[Si](C)(CCCN)OCC.CCO[Si]1(C)CCCN1[SiH](C)C.C[SiH](C)Cl. The zero-order valence-corrected chi connectivity index (χ0v) is 55.3. The zero-order valence-electron chi connectivity index (χ0n) is 44.7. The predicted molar refractivity (Wildman–Crippen MR) is 298 cm³/mol. The monoisotopic (exact) mass is 1040 g/mol. The van der Waals surface area contributed by atoms with Crippen molar-refractivity contribution in [3.63, 3.8) is 0 Å². The van der Waals surface area contributed by atoms with Gasteiger partial charge in [-0.2, -0.15) is 11.1 Å². The maximum Gasteiger partial charge on any atom is 0.334 e. The van der Waals surface area contributed by atoms with Gasteiger partial charge in [0.1, 0.15) is 17.1 Å². The first kappa shape index (κ1) is 69.4. The summed E-state index contributed by atoms with van der Waals surface area (Å²) in [7, 11) is -9.82. The van der Waals surface area contributed by atoms with Crippen LogP contribution in [0.1, 0.15) is 80.6 Å². The van der Waals surface area contributed by atoms with Crippen LogP contribution in [-0.2, 0) is 31.0 Å². The van der Waals surface area contributed by atoms with Gasteiger partial charge in [-0.25, -0.2) is 0 Å². The molecular weight excluding hydrogens is 935 g/mol. The Morgan fingerprint density at radius 2 is 0.951 bits per heavy atom. The normalized spacial score (nSPS) is 16.1. The van der Waals surface area contributed by atoms with Gasteiger partial charge in [0, 0.05) is 55.0 Å². The molecule has 1 atom stereocenters. The smallest absolute Gasteiger partial charge is 0.334 e. The van der Waals surface area contributed by atoms with Crippen LogP contribution in [0.5, 0.6) is 0 Å². The maximum absolute atomic E-state index is 5.96. The fourth-order valence-electron chi connectivity index (χ4n) is 7.74. The molecule has 2 N–H and O–H groups in total. The third kappa shape index (κ3) is 39.5. The maximum atomic E-state index is 5.96. The third-order valence-corrected chi connectivity index (χ3v) is 36.1. The van der Waals surface area contributed by atoms with Crippen molar-refractivity contribution >= 4 is 89.0 Å². The van der Waals surface area contributed by atoms with Gasteiger partial charge in [0.25, 0.3) is 8.48 Å². The summed E-state index contributed by atoms with van der Waals surface area (Å²) in [6, 6.07) is 6.11. The molecule has 0 saturated carbocycles. The van der Waals surface area contributed by atoms with Crippen molar-refractivity contribution in [2.75, 3.05) is 65.9 Å². The van der Waals surface area contributed by atoms with Crippen molar-refractivity contribution in [2.24, 2.45) is 5.73 Å². The van der Waals surface area contributed by atoms with E-state index in [4.69, 9.17) is 47.8 Å². The van der Waals surface area contributed by atoms with E-state index < -0.39 is 69.1 Å². The van der Waals surface area contributed by atoms with Crippen molar-refractivity contribution in [3.05, 3.63) is 0 Å². The van der Waals surface area contributed by atoms with E-state index in [2.05, 4.69) is 135 Å². The fraction of sp³-hybridized carbons (Fsp3) is 1.00. The molecule has 1 saturated heterocycles. The van der Waals surface area contributed by atoms with Crippen LogP contribution >= 0.6 is 11.1 Å². The molecule has 0 aromatic heterocycles. The van der Waals surface area contributed by atoms with E-state index in [1.807, 2.05) is 13.8 Å². The molecule has 10 nitrogen and oxygen atoms in total. The van der Waals surface area contributed by atoms with Gasteiger partial charge < -0.3 is 45.2 Å². The highest BCUT2D eigenvalue weighted by Gasteiger charge is 2.42. The quantitative estimate of drug-likeness (QED) is 0.0443. The second-order valence-electron chi connectivity index (χ2n) is 18.1. The van der Waals surface area contributed by atoms with Gasteiger partial charge in [-0.3, -0.25) is 0 Å². The summed E-state index contributed by atoms with van der Waals surface area (Å²) in [6.45, 7) is 55.7. The van der Waals surface area contributed by atoms with Crippen molar-refractivity contribution in [1.82, 2.24) is 8.46 Å². The minimum atomic E-state index is -1.88. The Hall–Kier alpha value is 1.84. The van der Waals surface area contributed by atoms with Crippen molar-refractivity contribution in [3.8, 4) is 0 Å². The van der Waals surface area contributed by atoms with Gasteiger partial charge in [-0.1, -0.05) is 84.4 Å². The van der Waals surface area contributed by atoms with E-state index >= 15 is 0 Å². The molecule has 1 unspecified atom stereocenters. The van der Waals surface area contributed by atoms with Crippen LogP contribution in [0.4, 0.5) is 0 Å². The topological polar surface area (TPSA) is 97.1 Å². The lowest BCUT2D eigenvalue weighted by Crippen LogP contribution is -2.54. The first-order valence-corrected chi connectivity index (χ1v) is 50.5.